The molecule has 0 aromatic heterocycles. The Morgan fingerprint density at radius 3 is 2.60 bits per heavy atom. The summed E-state index contributed by atoms with van der Waals surface area (Å²) in [6, 6.07) is 12.9. The van der Waals surface area contributed by atoms with Gasteiger partial charge in [-0.15, -0.1) is 0 Å². The van der Waals surface area contributed by atoms with Gasteiger partial charge >= 0.3 is 0 Å². The zero-order valence-corrected chi connectivity index (χ0v) is 14.7. The fourth-order valence-electron chi connectivity index (χ4n) is 2.19. The lowest BCUT2D eigenvalue weighted by atomic mass is 9.94. The molecule has 0 saturated heterocycles. The van der Waals surface area contributed by atoms with Crippen LogP contribution >= 0.6 is 43.5 Å². The van der Waals surface area contributed by atoms with E-state index in [0.717, 1.165) is 26.8 Å². The molecule has 0 bridgehead atoms. The van der Waals surface area contributed by atoms with Crippen molar-refractivity contribution in [2.24, 2.45) is 5.92 Å². The predicted octanol–water partition coefficient (Wildman–Crippen LogP) is 6.04. The summed E-state index contributed by atoms with van der Waals surface area (Å²) < 4.78 is 14.7. The molecule has 0 saturated carbocycles. The first kappa shape index (κ1) is 16.0. The van der Waals surface area contributed by atoms with Crippen molar-refractivity contribution in [1.82, 2.24) is 0 Å². The lowest BCUT2D eigenvalue weighted by Gasteiger charge is -2.15. The molecular formula is C16H14Br2ClF. The van der Waals surface area contributed by atoms with Crippen LogP contribution in [0.4, 0.5) is 4.39 Å². The summed E-state index contributed by atoms with van der Waals surface area (Å²) in [7, 11) is 0. The minimum Gasteiger partial charge on any atom is -0.207 e. The SMILES string of the molecule is Fc1ccc(Br)cc1CC(CBr)Cc1cccc(Cl)c1. The van der Waals surface area contributed by atoms with Gasteiger partial charge in [0.15, 0.2) is 0 Å². The molecule has 0 aliphatic carbocycles. The monoisotopic (exact) mass is 418 g/mol. The normalized spacial score (nSPS) is 12.4. The molecule has 1 atom stereocenters. The maximum absolute atomic E-state index is 13.8. The Morgan fingerprint density at radius 1 is 1.10 bits per heavy atom. The molecule has 0 fully saturated rings. The predicted molar refractivity (Wildman–Crippen MR) is 90.2 cm³/mol. The second kappa shape index (κ2) is 7.58. The fourth-order valence-corrected chi connectivity index (χ4v) is 3.27. The summed E-state index contributed by atoms with van der Waals surface area (Å²) in [6.07, 6.45) is 1.57. The van der Waals surface area contributed by atoms with Crippen LogP contribution in [0.1, 0.15) is 11.1 Å². The van der Waals surface area contributed by atoms with Gasteiger partial charge < -0.3 is 0 Å². The van der Waals surface area contributed by atoms with Crippen LogP contribution in [0.2, 0.25) is 5.02 Å². The summed E-state index contributed by atoms with van der Waals surface area (Å²) in [4.78, 5) is 0. The van der Waals surface area contributed by atoms with Crippen LogP contribution in [-0.2, 0) is 12.8 Å². The Bertz CT molecular complexity index is 586. The van der Waals surface area contributed by atoms with Crippen LogP contribution in [0.5, 0.6) is 0 Å². The second-order valence-corrected chi connectivity index (χ2v) is 6.79. The summed E-state index contributed by atoms with van der Waals surface area (Å²) in [5.41, 5.74) is 1.92. The van der Waals surface area contributed by atoms with Crippen molar-refractivity contribution in [3.63, 3.8) is 0 Å². The molecule has 2 aromatic carbocycles. The van der Waals surface area contributed by atoms with Crippen molar-refractivity contribution in [3.8, 4) is 0 Å². The van der Waals surface area contributed by atoms with Crippen LogP contribution in [0.15, 0.2) is 46.9 Å². The number of hydrogen-bond acceptors (Lipinski definition) is 0. The van der Waals surface area contributed by atoms with E-state index in [9.17, 15) is 4.39 Å². The van der Waals surface area contributed by atoms with Gasteiger partial charge in [-0.05, 0) is 60.2 Å². The zero-order valence-electron chi connectivity index (χ0n) is 10.8. The third-order valence-electron chi connectivity index (χ3n) is 3.15. The van der Waals surface area contributed by atoms with Crippen molar-refractivity contribution in [1.29, 1.82) is 0 Å². The van der Waals surface area contributed by atoms with Gasteiger partial charge in [0.25, 0.3) is 0 Å². The lowest BCUT2D eigenvalue weighted by molar-refractivity contribution is 0.550. The molecule has 106 valence electrons. The van der Waals surface area contributed by atoms with E-state index < -0.39 is 0 Å². The molecule has 0 radical (unpaired) electrons. The van der Waals surface area contributed by atoms with Gasteiger partial charge in [0, 0.05) is 14.8 Å². The van der Waals surface area contributed by atoms with Gasteiger partial charge in [-0.1, -0.05) is 55.6 Å². The summed E-state index contributed by atoms with van der Waals surface area (Å²) in [5.74, 6) is 0.183. The summed E-state index contributed by atoms with van der Waals surface area (Å²) in [5, 5.41) is 1.57. The molecule has 0 spiro atoms. The second-order valence-electron chi connectivity index (χ2n) is 4.79. The minimum absolute atomic E-state index is 0.148. The quantitative estimate of drug-likeness (QED) is 0.518. The third-order valence-corrected chi connectivity index (χ3v) is 4.79. The highest BCUT2D eigenvalue weighted by molar-refractivity contribution is 9.10. The highest BCUT2D eigenvalue weighted by atomic mass is 79.9. The topological polar surface area (TPSA) is 0 Å². The van der Waals surface area contributed by atoms with Crippen molar-refractivity contribution in [2.45, 2.75) is 12.8 Å². The number of rotatable bonds is 5. The number of benzene rings is 2. The Balaban J connectivity index is 2.11. The van der Waals surface area contributed by atoms with Gasteiger partial charge in [-0.3, -0.25) is 0 Å². The number of hydrogen-bond donors (Lipinski definition) is 0. The highest BCUT2D eigenvalue weighted by Gasteiger charge is 2.13. The van der Waals surface area contributed by atoms with E-state index in [1.165, 1.54) is 11.6 Å². The van der Waals surface area contributed by atoms with Gasteiger partial charge in [-0.2, -0.15) is 0 Å². The number of alkyl halides is 1. The van der Waals surface area contributed by atoms with Gasteiger partial charge in [0.2, 0.25) is 0 Å². The minimum atomic E-state index is -0.148. The Kier molecular flexibility index (Phi) is 6.06. The van der Waals surface area contributed by atoms with Gasteiger partial charge in [-0.25, -0.2) is 4.39 Å². The first-order chi connectivity index (χ1) is 9.58. The lowest BCUT2D eigenvalue weighted by Crippen LogP contribution is -2.11. The fraction of sp³-hybridized carbons (Fsp3) is 0.250. The van der Waals surface area contributed by atoms with Gasteiger partial charge in [0.05, 0.1) is 0 Å². The van der Waals surface area contributed by atoms with E-state index >= 15 is 0 Å². The zero-order chi connectivity index (χ0) is 14.5. The van der Waals surface area contributed by atoms with Crippen LogP contribution in [0.3, 0.4) is 0 Å². The van der Waals surface area contributed by atoms with Crippen LogP contribution in [0, 0.1) is 11.7 Å². The molecule has 0 N–H and O–H groups in total. The maximum atomic E-state index is 13.8. The smallest absolute Gasteiger partial charge is 0.126 e. The molecule has 1 unspecified atom stereocenters. The third kappa shape index (κ3) is 4.57. The van der Waals surface area contributed by atoms with Crippen molar-refractivity contribution in [2.75, 3.05) is 5.33 Å². The van der Waals surface area contributed by atoms with Gasteiger partial charge in [0.1, 0.15) is 5.82 Å². The summed E-state index contributed by atoms with van der Waals surface area (Å²) >= 11 is 12.9. The van der Waals surface area contributed by atoms with E-state index in [2.05, 4.69) is 37.9 Å². The molecule has 0 aliphatic heterocycles. The first-order valence-electron chi connectivity index (χ1n) is 6.33. The van der Waals surface area contributed by atoms with Crippen molar-refractivity contribution >= 4 is 43.5 Å². The average molecular weight is 421 g/mol. The first-order valence-corrected chi connectivity index (χ1v) is 8.62. The number of halogens is 4. The Hall–Kier alpha value is -0.380. The van der Waals surface area contributed by atoms with Crippen LogP contribution in [-0.4, -0.2) is 5.33 Å². The molecule has 2 aromatic rings. The molecule has 4 heteroatoms. The molecule has 2 rings (SSSR count). The van der Waals surface area contributed by atoms with E-state index in [4.69, 9.17) is 11.6 Å². The van der Waals surface area contributed by atoms with E-state index in [0.29, 0.717) is 12.3 Å². The highest BCUT2D eigenvalue weighted by Crippen LogP contribution is 2.23. The van der Waals surface area contributed by atoms with Crippen molar-refractivity contribution in [3.05, 3.63) is 68.9 Å². The van der Waals surface area contributed by atoms with E-state index in [1.54, 1.807) is 6.07 Å². The molecule has 0 amide bonds. The summed E-state index contributed by atoms with van der Waals surface area (Å²) in [6.45, 7) is 0. The molecule has 0 aliphatic rings. The molecule has 20 heavy (non-hydrogen) atoms. The van der Waals surface area contributed by atoms with Crippen LogP contribution in [0.25, 0.3) is 0 Å². The Labute approximate surface area is 140 Å². The maximum Gasteiger partial charge on any atom is 0.126 e. The Morgan fingerprint density at radius 2 is 1.90 bits per heavy atom. The standard InChI is InChI=1S/C16H14Br2ClF/c17-10-12(6-11-2-1-3-15(19)8-11)7-13-9-14(18)4-5-16(13)20/h1-5,8-9,12H,6-7,10H2. The average Bonchev–Trinajstić information content (AvgIpc) is 2.42. The van der Waals surface area contributed by atoms with Crippen molar-refractivity contribution < 1.29 is 4.39 Å². The molecule has 0 nitrogen and oxygen atoms in total. The molecule has 0 heterocycles. The van der Waals surface area contributed by atoms with E-state index in [-0.39, 0.29) is 5.82 Å². The van der Waals surface area contributed by atoms with E-state index in [1.807, 2.05) is 24.3 Å². The largest absolute Gasteiger partial charge is 0.207 e. The molecular weight excluding hydrogens is 406 g/mol. The van der Waals surface area contributed by atoms with Crippen LogP contribution < -0.4 is 0 Å².